The number of hydrogen-bond donors (Lipinski definition) is 0. The van der Waals surface area contributed by atoms with E-state index in [0.717, 1.165) is 55.1 Å². The summed E-state index contributed by atoms with van der Waals surface area (Å²) in [4.78, 5) is 0. The van der Waals surface area contributed by atoms with Crippen LogP contribution in [0.3, 0.4) is 0 Å². The highest BCUT2D eigenvalue weighted by atomic mass is 16.5. The van der Waals surface area contributed by atoms with Gasteiger partial charge in [0.05, 0.1) is 13.2 Å². The highest BCUT2D eigenvalue weighted by Gasteiger charge is 2.15. The van der Waals surface area contributed by atoms with Crippen molar-refractivity contribution in [3.63, 3.8) is 0 Å². The first-order valence-electron chi connectivity index (χ1n) is 25.7. The maximum absolute atomic E-state index is 6.62. The molecule has 0 aliphatic heterocycles. The summed E-state index contributed by atoms with van der Waals surface area (Å²) in [7, 11) is 0. The van der Waals surface area contributed by atoms with Crippen LogP contribution in [0, 0.1) is 39.5 Å². The zero-order valence-corrected chi connectivity index (χ0v) is 43.4. The number of aryl methyl sites for hydroxylation is 4. The fraction of sp³-hybridized carbons (Fsp3) is 0.313. The Morgan fingerprint density at radius 1 is 0.377 bits per heavy atom. The van der Waals surface area contributed by atoms with Crippen molar-refractivity contribution in [3.8, 4) is 11.5 Å². The molecular weight excluding hydrogens is 837 g/mol. The third kappa shape index (κ3) is 23.0. The van der Waals surface area contributed by atoms with Crippen LogP contribution in [0.2, 0.25) is 0 Å². The van der Waals surface area contributed by atoms with Gasteiger partial charge < -0.3 is 9.47 Å². The lowest BCUT2D eigenvalue weighted by molar-refractivity contribution is 0.227. The lowest BCUT2D eigenvalue weighted by Crippen LogP contribution is -2.13. The molecule has 0 amide bonds. The Morgan fingerprint density at radius 3 is 0.986 bits per heavy atom. The van der Waals surface area contributed by atoms with E-state index in [-0.39, 0.29) is 0 Å². The van der Waals surface area contributed by atoms with Gasteiger partial charge in [0.2, 0.25) is 0 Å². The van der Waals surface area contributed by atoms with Crippen molar-refractivity contribution in [1.82, 2.24) is 0 Å². The van der Waals surface area contributed by atoms with E-state index in [1.807, 2.05) is 36.4 Å². The van der Waals surface area contributed by atoms with E-state index in [0.29, 0.717) is 11.8 Å². The van der Waals surface area contributed by atoms with Gasteiger partial charge in [-0.25, -0.2) is 0 Å². The molecular formula is C67H82O2. The lowest BCUT2D eigenvalue weighted by Gasteiger charge is -2.20. The van der Waals surface area contributed by atoms with Crippen LogP contribution < -0.4 is 9.47 Å². The van der Waals surface area contributed by atoms with Crippen molar-refractivity contribution in [2.45, 2.75) is 113 Å². The van der Waals surface area contributed by atoms with E-state index in [9.17, 15) is 0 Å². The zero-order valence-electron chi connectivity index (χ0n) is 43.4. The van der Waals surface area contributed by atoms with Gasteiger partial charge >= 0.3 is 0 Å². The van der Waals surface area contributed by atoms with Gasteiger partial charge in [-0.05, 0) is 93.2 Å². The number of unbranched alkanes of at least 4 members (excludes halogenated alkanes) is 2. The minimum atomic E-state index is 0.560. The average molecular weight is 919 g/mol. The van der Waals surface area contributed by atoms with Gasteiger partial charge in [0.25, 0.3) is 0 Å². The normalized spacial score (nSPS) is 11.6. The number of rotatable bonds is 20. The van der Waals surface area contributed by atoms with E-state index in [1.165, 1.54) is 83.0 Å². The second kappa shape index (κ2) is 33.2. The Labute approximate surface area is 419 Å². The van der Waals surface area contributed by atoms with Crippen molar-refractivity contribution in [3.05, 3.63) is 238 Å². The Morgan fingerprint density at radius 2 is 0.696 bits per heavy atom. The molecule has 0 bridgehead atoms. The van der Waals surface area contributed by atoms with Crippen LogP contribution in [0.1, 0.15) is 135 Å². The first kappa shape index (κ1) is 55.2. The summed E-state index contributed by atoms with van der Waals surface area (Å²) in [5.74, 6) is 2.96. The van der Waals surface area contributed by atoms with Crippen LogP contribution in [-0.4, -0.2) is 13.2 Å². The number of ether oxygens (including phenoxy) is 2. The molecule has 0 saturated heterocycles. The maximum atomic E-state index is 6.62. The van der Waals surface area contributed by atoms with Gasteiger partial charge in [0.1, 0.15) is 11.5 Å². The third-order valence-corrected chi connectivity index (χ3v) is 12.2. The molecule has 0 aliphatic carbocycles. The van der Waals surface area contributed by atoms with Crippen LogP contribution in [0.25, 0.3) is 24.3 Å². The molecule has 0 aromatic heterocycles. The van der Waals surface area contributed by atoms with Crippen LogP contribution in [-0.2, 0) is 6.42 Å². The second-order valence-corrected chi connectivity index (χ2v) is 18.3. The predicted octanol–water partition coefficient (Wildman–Crippen LogP) is 19.1. The van der Waals surface area contributed by atoms with E-state index in [1.54, 1.807) is 0 Å². The van der Waals surface area contributed by atoms with Gasteiger partial charge in [-0.15, -0.1) is 0 Å². The van der Waals surface area contributed by atoms with Crippen LogP contribution >= 0.6 is 0 Å². The summed E-state index contributed by atoms with van der Waals surface area (Å²) < 4.78 is 13.2. The fourth-order valence-electron chi connectivity index (χ4n) is 7.54. The maximum Gasteiger partial charge on any atom is 0.127 e. The SMILES string of the molecule is CCCCC(CC)COc1cc(/C=C/c2ccc(C)cc2)c(OCC(CC)CCCC)cc1/C=C/c1ccc(C)cc1.Cc1ccccc1.Cc1ccccc1.c1ccc(Cc2ccccc2)cc1. The Kier molecular flexibility index (Phi) is 26.5. The van der Waals surface area contributed by atoms with Gasteiger partial charge in [-0.2, -0.15) is 0 Å². The third-order valence-electron chi connectivity index (χ3n) is 12.2. The highest BCUT2D eigenvalue weighted by molar-refractivity contribution is 5.79. The second-order valence-electron chi connectivity index (χ2n) is 18.3. The molecule has 362 valence electrons. The first-order chi connectivity index (χ1) is 33.7. The summed E-state index contributed by atoms with van der Waals surface area (Å²) in [6, 6.07) is 63.3. The average Bonchev–Trinajstić information content (AvgIpc) is 3.38. The molecule has 0 heterocycles. The lowest BCUT2D eigenvalue weighted by atomic mass is 10.00. The fourth-order valence-corrected chi connectivity index (χ4v) is 7.54. The molecule has 2 heteroatoms. The minimum absolute atomic E-state index is 0.560. The Hall–Kier alpha value is -6.38. The van der Waals surface area contributed by atoms with Crippen molar-refractivity contribution in [1.29, 1.82) is 0 Å². The molecule has 2 nitrogen and oxygen atoms in total. The molecule has 7 aromatic carbocycles. The number of hydrogen-bond acceptors (Lipinski definition) is 2. The molecule has 0 N–H and O–H groups in total. The topological polar surface area (TPSA) is 18.5 Å². The molecule has 0 radical (unpaired) electrons. The molecule has 2 atom stereocenters. The van der Waals surface area contributed by atoms with Gasteiger partial charge in [0, 0.05) is 11.1 Å². The highest BCUT2D eigenvalue weighted by Crippen LogP contribution is 2.34. The van der Waals surface area contributed by atoms with Crippen LogP contribution in [0.15, 0.2) is 182 Å². The molecule has 0 aliphatic rings. The van der Waals surface area contributed by atoms with Crippen LogP contribution in [0.4, 0.5) is 0 Å². The van der Waals surface area contributed by atoms with Crippen molar-refractivity contribution >= 4 is 24.3 Å². The summed E-state index contributed by atoms with van der Waals surface area (Å²) in [5.41, 5.74) is 12.4. The van der Waals surface area contributed by atoms with Gasteiger partial charge in [-0.3, -0.25) is 0 Å². The largest absolute Gasteiger partial charge is 0.493 e. The van der Waals surface area contributed by atoms with Gasteiger partial charge in [-0.1, -0.05) is 283 Å². The zero-order chi connectivity index (χ0) is 49.3. The van der Waals surface area contributed by atoms with Crippen molar-refractivity contribution < 1.29 is 9.47 Å². The Balaban J connectivity index is 0.000000303. The van der Waals surface area contributed by atoms with Crippen molar-refractivity contribution in [2.24, 2.45) is 11.8 Å². The molecule has 2 unspecified atom stereocenters. The molecule has 7 rings (SSSR count). The van der Waals surface area contributed by atoms with E-state index < -0.39 is 0 Å². The predicted molar refractivity (Wildman–Crippen MR) is 302 cm³/mol. The first-order valence-corrected chi connectivity index (χ1v) is 25.7. The van der Waals surface area contributed by atoms with E-state index in [4.69, 9.17) is 9.47 Å². The smallest absolute Gasteiger partial charge is 0.127 e. The number of benzene rings is 7. The summed E-state index contributed by atoms with van der Waals surface area (Å²) in [6.45, 7) is 19.0. The molecule has 69 heavy (non-hydrogen) atoms. The quantitative estimate of drug-likeness (QED) is 0.0709. The summed E-state index contributed by atoms with van der Waals surface area (Å²) in [6.07, 6.45) is 19.4. The molecule has 0 spiro atoms. The Bertz CT molecular complexity index is 2240. The molecule has 0 fully saturated rings. The molecule has 0 saturated carbocycles. The van der Waals surface area contributed by atoms with Gasteiger partial charge in [0.15, 0.2) is 0 Å². The van der Waals surface area contributed by atoms with Crippen molar-refractivity contribution in [2.75, 3.05) is 13.2 Å². The monoisotopic (exact) mass is 919 g/mol. The van der Waals surface area contributed by atoms with Crippen LogP contribution in [0.5, 0.6) is 11.5 Å². The minimum Gasteiger partial charge on any atom is -0.493 e. The summed E-state index contributed by atoms with van der Waals surface area (Å²) >= 11 is 0. The molecule has 7 aromatic rings. The summed E-state index contributed by atoms with van der Waals surface area (Å²) in [5, 5.41) is 0. The van der Waals surface area contributed by atoms with E-state index in [2.05, 4.69) is 225 Å². The van der Waals surface area contributed by atoms with E-state index >= 15 is 0 Å². The standard InChI is InChI=1S/C40H54O2.C13H12.2C7H8/c1-7-11-13-33(9-3)29-41-39-27-38(26-24-36-21-17-32(6)18-22-36)40(42-30-34(10-4)14-12-8-2)28-37(39)25-23-35-19-15-31(5)16-20-35;1-3-7-12(8-4-1)11-13-9-5-2-6-10-13;2*1-7-5-3-2-4-6-7/h15-28,33-34H,7-14,29-30H2,1-6H3;1-10H,11H2;2*2-6H,1H3/b25-23+,26-24+;;;.